The fourth-order valence-electron chi connectivity index (χ4n) is 3.60. The molecule has 2 aromatic heterocycles. The van der Waals surface area contributed by atoms with Gasteiger partial charge in [-0.25, -0.2) is 14.8 Å². The number of oxazole rings is 2. The molecule has 10 nitrogen and oxygen atoms in total. The van der Waals surface area contributed by atoms with Crippen molar-refractivity contribution in [1.29, 1.82) is 0 Å². The number of aromatic nitrogens is 2. The zero-order valence-electron chi connectivity index (χ0n) is 18.3. The summed E-state index contributed by atoms with van der Waals surface area (Å²) < 4.78 is 27.4. The fraction of sp³-hybridized carbons (Fsp3) is 0.208. The summed E-state index contributed by atoms with van der Waals surface area (Å²) in [5, 5.41) is 5.89. The Bertz CT molecular complexity index is 1260. The zero-order chi connectivity index (χ0) is 23.3. The van der Waals surface area contributed by atoms with Gasteiger partial charge in [0.2, 0.25) is 0 Å². The number of nitrogens with one attached hydrogen (secondary N) is 2. The second-order valence-electron chi connectivity index (χ2n) is 7.50. The number of hydrogen-bond acceptors (Lipinski definition) is 9. The fourth-order valence-corrected chi connectivity index (χ4v) is 3.60. The summed E-state index contributed by atoms with van der Waals surface area (Å²) in [5.74, 6) is 1.69. The number of anilines is 3. The zero-order valence-corrected chi connectivity index (χ0v) is 18.3. The van der Waals surface area contributed by atoms with E-state index in [1.54, 1.807) is 31.6 Å². The molecule has 34 heavy (non-hydrogen) atoms. The van der Waals surface area contributed by atoms with Crippen LogP contribution < -0.4 is 15.4 Å². The molecule has 1 atom stereocenters. The smallest absolute Gasteiger partial charge is 0.411 e. The average Bonchev–Trinajstić information content (AvgIpc) is 3.63. The van der Waals surface area contributed by atoms with Gasteiger partial charge in [-0.3, -0.25) is 5.32 Å². The number of methoxy groups -OCH3 is 1. The Labute approximate surface area is 194 Å². The molecule has 4 aromatic rings. The summed E-state index contributed by atoms with van der Waals surface area (Å²) in [6, 6.07) is 13.0. The first kappa shape index (κ1) is 21.5. The summed E-state index contributed by atoms with van der Waals surface area (Å²) in [6.07, 6.45) is 4.48. The number of nitrogens with zero attached hydrogens (tertiary/aromatic N) is 2. The van der Waals surface area contributed by atoms with E-state index in [4.69, 9.17) is 23.0 Å². The third kappa shape index (κ3) is 4.71. The van der Waals surface area contributed by atoms with E-state index in [-0.39, 0.29) is 12.1 Å². The third-order valence-corrected chi connectivity index (χ3v) is 5.25. The van der Waals surface area contributed by atoms with Gasteiger partial charge in [0.1, 0.15) is 11.9 Å². The van der Waals surface area contributed by atoms with Crippen LogP contribution in [0.4, 0.5) is 22.2 Å². The maximum absolute atomic E-state index is 12.3. The molecule has 10 heteroatoms. The quantitative estimate of drug-likeness (QED) is 0.387. The molecule has 1 unspecified atom stereocenters. The number of rotatable bonds is 7. The van der Waals surface area contributed by atoms with Gasteiger partial charge in [0.25, 0.3) is 6.01 Å². The maximum Gasteiger partial charge on any atom is 0.411 e. The van der Waals surface area contributed by atoms with Crippen LogP contribution in [0.15, 0.2) is 70.1 Å². The molecule has 1 amide bonds. The Morgan fingerprint density at radius 1 is 1.12 bits per heavy atom. The van der Waals surface area contributed by atoms with E-state index in [2.05, 4.69) is 20.6 Å². The van der Waals surface area contributed by atoms with Crippen LogP contribution in [-0.4, -0.2) is 42.5 Å². The average molecular weight is 462 g/mol. The van der Waals surface area contributed by atoms with Gasteiger partial charge in [0.15, 0.2) is 17.9 Å². The van der Waals surface area contributed by atoms with Crippen molar-refractivity contribution in [1.82, 2.24) is 9.97 Å². The molecular formula is C24H22N4O6. The van der Waals surface area contributed by atoms with Gasteiger partial charge in [-0.1, -0.05) is 12.1 Å². The Hall–Kier alpha value is -4.31. The Morgan fingerprint density at radius 2 is 2.03 bits per heavy atom. The SMILES string of the molecule is COc1cc(Nc2ncc(-c3ccccc3NC(=O)OC3CCOC3)o2)ccc1-c1cnco1. The molecule has 0 bridgehead atoms. The highest BCUT2D eigenvalue weighted by Gasteiger charge is 2.21. The van der Waals surface area contributed by atoms with Crippen molar-refractivity contribution in [3.8, 4) is 28.4 Å². The van der Waals surface area contributed by atoms with Crippen LogP contribution in [0.2, 0.25) is 0 Å². The summed E-state index contributed by atoms with van der Waals surface area (Å²) >= 11 is 0. The van der Waals surface area contributed by atoms with Crippen molar-refractivity contribution < 1.29 is 27.8 Å². The molecule has 3 heterocycles. The second kappa shape index (κ2) is 9.67. The largest absolute Gasteiger partial charge is 0.496 e. The predicted molar refractivity (Wildman–Crippen MR) is 123 cm³/mol. The van der Waals surface area contributed by atoms with E-state index in [0.29, 0.717) is 53.8 Å². The molecule has 1 saturated heterocycles. The van der Waals surface area contributed by atoms with E-state index in [1.807, 2.05) is 30.3 Å². The summed E-state index contributed by atoms with van der Waals surface area (Å²) in [7, 11) is 1.58. The first-order valence-electron chi connectivity index (χ1n) is 10.6. The molecule has 1 fully saturated rings. The molecule has 2 N–H and O–H groups in total. The topological polar surface area (TPSA) is 121 Å². The molecule has 1 aliphatic heterocycles. The number of para-hydroxylation sites is 1. The predicted octanol–water partition coefficient (Wildman–Crippen LogP) is 5.09. The number of benzene rings is 2. The van der Waals surface area contributed by atoms with Gasteiger partial charge in [-0.2, -0.15) is 0 Å². The lowest BCUT2D eigenvalue weighted by Crippen LogP contribution is -2.22. The lowest BCUT2D eigenvalue weighted by Gasteiger charge is -2.13. The van der Waals surface area contributed by atoms with Crippen LogP contribution in [0.5, 0.6) is 5.75 Å². The van der Waals surface area contributed by atoms with Gasteiger partial charge < -0.3 is 28.4 Å². The Morgan fingerprint density at radius 3 is 2.82 bits per heavy atom. The van der Waals surface area contributed by atoms with Crippen molar-refractivity contribution in [2.45, 2.75) is 12.5 Å². The first-order valence-corrected chi connectivity index (χ1v) is 10.6. The Kier molecular flexibility index (Phi) is 6.13. The second-order valence-corrected chi connectivity index (χ2v) is 7.50. The molecule has 5 rings (SSSR count). The van der Waals surface area contributed by atoms with Crippen molar-refractivity contribution in [2.24, 2.45) is 0 Å². The number of amides is 1. The highest BCUT2D eigenvalue weighted by molar-refractivity contribution is 5.90. The molecule has 0 aliphatic carbocycles. The Balaban J connectivity index is 1.31. The van der Waals surface area contributed by atoms with Gasteiger partial charge in [0.05, 0.1) is 44.0 Å². The monoisotopic (exact) mass is 462 g/mol. The van der Waals surface area contributed by atoms with Gasteiger partial charge in [-0.05, 0) is 24.3 Å². The molecule has 0 spiro atoms. The van der Waals surface area contributed by atoms with Crippen LogP contribution in [0, 0.1) is 0 Å². The molecule has 0 saturated carbocycles. The van der Waals surface area contributed by atoms with E-state index < -0.39 is 6.09 Å². The van der Waals surface area contributed by atoms with Crippen molar-refractivity contribution in [3.05, 3.63) is 61.3 Å². The van der Waals surface area contributed by atoms with Crippen molar-refractivity contribution >= 4 is 23.5 Å². The highest BCUT2D eigenvalue weighted by Crippen LogP contribution is 2.34. The lowest BCUT2D eigenvalue weighted by molar-refractivity contribution is 0.0932. The van der Waals surface area contributed by atoms with Crippen LogP contribution >= 0.6 is 0 Å². The van der Waals surface area contributed by atoms with E-state index in [9.17, 15) is 4.79 Å². The van der Waals surface area contributed by atoms with E-state index in [0.717, 1.165) is 5.56 Å². The van der Waals surface area contributed by atoms with E-state index >= 15 is 0 Å². The van der Waals surface area contributed by atoms with Crippen LogP contribution in [0.3, 0.4) is 0 Å². The standard InChI is InChI=1S/C24H22N4O6/c1-30-20-10-15(6-7-18(20)21-11-25-14-32-21)27-23-26-12-22(34-23)17-4-2-3-5-19(17)28-24(29)33-16-8-9-31-13-16/h2-7,10-12,14,16H,8-9,13H2,1H3,(H,26,27)(H,28,29). The summed E-state index contributed by atoms with van der Waals surface area (Å²) in [4.78, 5) is 20.6. The molecule has 2 aromatic carbocycles. The molecular weight excluding hydrogens is 440 g/mol. The molecule has 174 valence electrons. The number of hydrogen-bond donors (Lipinski definition) is 2. The number of ether oxygens (including phenoxy) is 3. The minimum Gasteiger partial charge on any atom is -0.496 e. The minimum atomic E-state index is -0.542. The number of carbonyl (C=O) groups excluding carboxylic acids is 1. The van der Waals surface area contributed by atoms with Crippen LogP contribution in [0.1, 0.15) is 6.42 Å². The minimum absolute atomic E-state index is 0.235. The van der Waals surface area contributed by atoms with Gasteiger partial charge >= 0.3 is 6.09 Å². The summed E-state index contributed by atoms with van der Waals surface area (Å²) in [5.41, 5.74) is 2.70. The lowest BCUT2D eigenvalue weighted by atomic mass is 10.1. The molecule has 1 aliphatic rings. The normalized spacial score (nSPS) is 15.1. The van der Waals surface area contributed by atoms with Gasteiger partial charge in [-0.15, -0.1) is 0 Å². The van der Waals surface area contributed by atoms with E-state index in [1.165, 1.54) is 6.39 Å². The summed E-state index contributed by atoms with van der Waals surface area (Å²) in [6.45, 7) is 1.01. The van der Waals surface area contributed by atoms with Crippen molar-refractivity contribution in [2.75, 3.05) is 31.0 Å². The highest BCUT2D eigenvalue weighted by atomic mass is 16.6. The van der Waals surface area contributed by atoms with Crippen LogP contribution in [0.25, 0.3) is 22.6 Å². The maximum atomic E-state index is 12.3. The third-order valence-electron chi connectivity index (χ3n) is 5.25. The number of carbonyl (C=O) groups is 1. The molecule has 0 radical (unpaired) electrons. The van der Waals surface area contributed by atoms with Gasteiger partial charge in [0, 0.05) is 23.7 Å². The van der Waals surface area contributed by atoms with Crippen molar-refractivity contribution in [3.63, 3.8) is 0 Å². The van der Waals surface area contributed by atoms with Crippen LogP contribution in [-0.2, 0) is 9.47 Å². The first-order chi connectivity index (χ1) is 16.7.